The summed E-state index contributed by atoms with van der Waals surface area (Å²) in [4.78, 5) is 2.25. The topological polar surface area (TPSA) is 15.3 Å². The first-order valence-corrected chi connectivity index (χ1v) is 5.94. The van der Waals surface area contributed by atoms with E-state index < -0.39 is 0 Å². The van der Waals surface area contributed by atoms with Crippen molar-refractivity contribution in [2.24, 2.45) is 0 Å². The van der Waals surface area contributed by atoms with Gasteiger partial charge in [0.2, 0.25) is 0 Å². The number of benzene rings is 1. The Morgan fingerprint density at radius 1 is 1.56 bits per heavy atom. The molecule has 1 aliphatic heterocycles. The van der Waals surface area contributed by atoms with E-state index in [4.69, 9.17) is 11.6 Å². The van der Waals surface area contributed by atoms with Crippen molar-refractivity contribution in [1.29, 1.82) is 0 Å². The first-order valence-electron chi connectivity index (χ1n) is 5.56. The number of piperazine rings is 1. The zero-order valence-corrected chi connectivity index (χ0v) is 10.1. The van der Waals surface area contributed by atoms with E-state index in [0.717, 1.165) is 19.6 Å². The minimum absolute atomic E-state index is 0.210. The zero-order chi connectivity index (χ0) is 11.5. The van der Waals surface area contributed by atoms with Crippen molar-refractivity contribution < 1.29 is 4.39 Å². The minimum atomic E-state index is -0.210. The van der Waals surface area contributed by atoms with E-state index in [9.17, 15) is 4.39 Å². The molecule has 16 heavy (non-hydrogen) atoms. The molecule has 1 saturated heterocycles. The van der Waals surface area contributed by atoms with Crippen molar-refractivity contribution in [3.05, 3.63) is 34.6 Å². The molecule has 0 unspecified atom stereocenters. The van der Waals surface area contributed by atoms with E-state index in [1.165, 1.54) is 6.07 Å². The van der Waals surface area contributed by atoms with E-state index >= 15 is 0 Å². The molecule has 88 valence electrons. The van der Waals surface area contributed by atoms with Crippen LogP contribution in [0.5, 0.6) is 0 Å². The SMILES string of the molecule is C[C@@H]1CNCCN1Cc1c(F)cccc1Cl. The fourth-order valence-electron chi connectivity index (χ4n) is 2.00. The lowest BCUT2D eigenvalue weighted by Gasteiger charge is -2.34. The Morgan fingerprint density at radius 2 is 2.38 bits per heavy atom. The second-order valence-electron chi connectivity index (χ2n) is 4.22. The molecule has 1 aromatic rings. The van der Waals surface area contributed by atoms with E-state index in [0.29, 0.717) is 23.2 Å². The average molecular weight is 243 g/mol. The van der Waals surface area contributed by atoms with Crippen molar-refractivity contribution in [2.75, 3.05) is 19.6 Å². The zero-order valence-electron chi connectivity index (χ0n) is 9.34. The Balaban J connectivity index is 2.13. The van der Waals surface area contributed by atoms with Crippen LogP contribution in [0.1, 0.15) is 12.5 Å². The Morgan fingerprint density at radius 3 is 3.06 bits per heavy atom. The van der Waals surface area contributed by atoms with Gasteiger partial charge in [0, 0.05) is 42.8 Å². The molecule has 1 atom stereocenters. The van der Waals surface area contributed by atoms with Crippen LogP contribution in [0.4, 0.5) is 4.39 Å². The lowest BCUT2D eigenvalue weighted by molar-refractivity contribution is 0.164. The Hall–Kier alpha value is -0.640. The third-order valence-electron chi connectivity index (χ3n) is 3.06. The number of hydrogen-bond donors (Lipinski definition) is 1. The molecule has 1 aromatic carbocycles. The minimum Gasteiger partial charge on any atom is -0.314 e. The maximum absolute atomic E-state index is 13.6. The van der Waals surface area contributed by atoms with E-state index in [1.54, 1.807) is 12.1 Å². The summed E-state index contributed by atoms with van der Waals surface area (Å²) in [5, 5.41) is 3.83. The van der Waals surface area contributed by atoms with Gasteiger partial charge >= 0.3 is 0 Å². The van der Waals surface area contributed by atoms with Crippen molar-refractivity contribution >= 4 is 11.6 Å². The first-order chi connectivity index (χ1) is 7.68. The number of nitrogens with zero attached hydrogens (tertiary/aromatic N) is 1. The van der Waals surface area contributed by atoms with Gasteiger partial charge in [0.25, 0.3) is 0 Å². The number of nitrogens with one attached hydrogen (secondary N) is 1. The van der Waals surface area contributed by atoms with Crippen LogP contribution in [0.3, 0.4) is 0 Å². The maximum Gasteiger partial charge on any atom is 0.129 e. The maximum atomic E-state index is 13.6. The van der Waals surface area contributed by atoms with Crippen molar-refractivity contribution in [2.45, 2.75) is 19.5 Å². The van der Waals surface area contributed by atoms with Crippen molar-refractivity contribution in [3.8, 4) is 0 Å². The van der Waals surface area contributed by atoms with Crippen LogP contribution in [0.25, 0.3) is 0 Å². The Kier molecular flexibility index (Phi) is 3.79. The molecule has 1 fully saturated rings. The van der Waals surface area contributed by atoms with Crippen LogP contribution in [0, 0.1) is 5.82 Å². The van der Waals surface area contributed by atoms with Gasteiger partial charge in [-0.3, -0.25) is 4.90 Å². The fraction of sp³-hybridized carbons (Fsp3) is 0.500. The van der Waals surface area contributed by atoms with Crippen molar-refractivity contribution in [3.63, 3.8) is 0 Å². The lowest BCUT2D eigenvalue weighted by atomic mass is 10.1. The molecule has 1 aliphatic rings. The van der Waals surface area contributed by atoms with E-state index in [-0.39, 0.29) is 5.82 Å². The Labute approximate surface area is 100 Å². The highest BCUT2D eigenvalue weighted by Crippen LogP contribution is 2.21. The normalized spacial score (nSPS) is 22.3. The summed E-state index contributed by atoms with van der Waals surface area (Å²) in [5.74, 6) is -0.210. The van der Waals surface area contributed by atoms with Crippen LogP contribution >= 0.6 is 11.6 Å². The van der Waals surface area contributed by atoms with E-state index in [1.807, 2.05) is 0 Å². The third-order valence-corrected chi connectivity index (χ3v) is 3.42. The molecule has 0 amide bonds. The summed E-state index contributed by atoms with van der Waals surface area (Å²) < 4.78 is 13.6. The molecular formula is C12H16ClFN2. The van der Waals surface area contributed by atoms with Crippen molar-refractivity contribution in [1.82, 2.24) is 10.2 Å². The van der Waals surface area contributed by atoms with E-state index in [2.05, 4.69) is 17.1 Å². The highest BCUT2D eigenvalue weighted by atomic mass is 35.5. The summed E-state index contributed by atoms with van der Waals surface area (Å²) >= 11 is 6.01. The predicted molar refractivity (Wildman–Crippen MR) is 64.2 cm³/mol. The number of halogens is 2. The van der Waals surface area contributed by atoms with Gasteiger partial charge in [-0.15, -0.1) is 0 Å². The molecule has 2 nitrogen and oxygen atoms in total. The highest BCUT2D eigenvalue weighted by molar-refractivity contribution is 6.31. The predicted octanol–water partition coefficient (Wildman–Crippen LogP) is 2.27. The summed E-state index contributed by atoms with van der Waals surface area (Å²) in [6.45, 7) is 5.57. The second-order valence-corrected chi connectivity index (χ2v) is 4.63. The Bertz CT molecular complexity index is 350. The molecular weight excluding hydrogens is 227 g/mol. The molecule has 0 aromatic heterocycles. The van der Waals surface area contributed by atoms with Crippen LogP contribution in [0.15, 0.2) is 18.2 Å². The fourth-order valence-corrected chi connectivity index (χ4v) is 2.23. The highest BCUT2D eigenvalue weighted by Gasteiger charge is 2.20. The van der Waals surface area contributed by atoms with Gasteiger partial charge in [0.1, 0.15) is 5.82 Å². The van der Waals surface area contributed by atoms with Crippen LogP contribution in [-0.2, 0) is 6.54 Å². The standard InChI is InChI=1S/C12H16ClFN2/c1-9-7-15-5-6-16(9)8-10-11(13)3-2-4-12(10)14/h2-4,9,15H,5-8H2,1H3/t9-/m1/s1. The van der Waals surface area contributed by atoms with Gasteiger partial charge in [-0.1, -0.05) is 17.7 Å². The van der Waals surface area contributed by atoms with Crippen LogP contribution in [0.2, 0.25) is 5.02 Å². The smallest absolute Gasteiger partial charge is 0.129 e. The molecule has 0 radical (unpaired) electrons. The van der Waals surface area contributed by atoms with Gasteiger partial charge in [-0.2, -0.15) is 0 Å². The van der Waals surface area contributed by atoms with Gasteiger partial charge in [0.05, 0.1) is 0 Å². The number of rotatable bonds is 2. The van der Waals surface area contributed by atoms with Crippen LogP contribution < -0.4 is 5.32 Å². The van der Waals surface area contributed by atoms with Gasteiger partial charge in [0.15, 0.2) is 0 Å². The largest absolute Gasteiger partial charge is 0.314 e. The molecule has 0 saturated carbocycles. The summed E-state index contributed by atoms with van der Waals surface area (Å²) in [6, 6.07) is 5.27. The lowest BCUT2D eigenvalue weighted by Crippen LogP contribution is -2.49. The number of hydrogen-bond acceptors (Lipinski definition) is 2. The monoisotopic (exact) mass is 242 g/mol. The van der Waals surface area contributed by atoms with Gasteiger partial charge in [-0.25, -0.2) is 4.39 Å². The van der Waals surface area contributed by atoms with Crippen LogP contribution in [-0.4, -0.2) is 30.6 Å². The summed E-state index contributed by atoms with van der Waals surface area (Å²) in [5.41, 5.74) is 0.609. The molecule has 4 heteroatoms. The van der Waals surface area contributed by atoms with Gasteiger partial charge in [-0.05, 0) is 19.1 Å². The molecule has 0 aliphatic carbocycles. The molecule has 1 heterocycles. The summed E-state index contributed by atoms with van der Waals surface area (Å²) in [7, 11) is 0. The third kappa shape index (κ3) is 2.54. The first kappa shape index (κ1) is 11.8. The van der Waals surface area contributed by atoms with Gasteiger partial charge < -0.3 is 5.32 Å². The molecule has 0 spiro atoms. The quantitative estimate of drug-likeness (QED) is 0.856. The molecule has 2 rings (SSSR count). The summed E-state index contributed by atoms with van der Waals surface area (Å²) in [6.07, 6.45) is 0. The second kappa shape index (κ2) is 5.13. The average Bonchev–Trinajstić information content (AvgIpc) is 2.26. The molecule has 1 N–H and O–H groups in total. The molecule has 0 bridgehead atoms.